The van der Waals surface area contributed by atoms with E-state index in [1.54, 1.807) is 4.90 Å². The first-order chi connectivity index (χ1) is 13.9. The van der Waals surface area contributed by atoms with Crippen molar-refractivity contribution < 1.29 is 14.4 Å². The third-order valence-electron chi connectivity index (χ3n) is 6.12. The lowest BCUT2D eigenvalue weighted by Crippen LogP contribution is -2.44. The Balaban J connectivity index is 1.54. The maximum Gasteiger partial charge on any atom is 0.241 e. The molecule has 0 bridgehead atoms. The number of amides is 3. The lowest BCUT2D eigenvalue weighted by atomic mass is 9.95. The van der Waals surface area contributed by atoms with Gasteiger partial charge in [0.25, 0.3) is 0 Å². The molecule has 0 aromatic carbocycles. The molecular weight excluding hydrogens is 370 g/mol. The summed E-state index contributed by atoms with van der Waals surface area (Å²) in [5, 5.41) is 2.58. The summed E-state index contributed by atoms with van der Waals surface area (Å²) in [6.45, 7) is 5.42. The van der Waals surface area contributed by atoms with Crippen molar-refractivity contribution in [2.24, 2.45) is 5.92 Å². The van der Waals surface area contributed by atoms with Gasteiger partial charge in [-0.2, -0.15) is 0 Å². The number of carbonyl (C=O) groups is 3. The van der Waals surface area contributed by atoms with E-state index in [9.17, 15) is 14.4 Å². The van der Waals surface area contributed by atoms with Crippen molar-refractivity contribution >= 4 is 23.5 Å². The molecule has 2 aliphatic heterocycles. The van der Waals surface area contributed by atoms with E-state index in [1.165, 1.54) is 19.8 Å². The molecule has 1 aromatic heterocycles. The minimum Gasteiger partial charge on any atom is -0.347 e. The Kier molecular flexibility index (Phi) is 5.52. The number of hydrogen-bond donors (Lipinski definition) is 1. The Labute approximate surface area is 171 Å². The van der Waals surface area contributed by atoms with Gasteiger partial charge in [-0.3, -0.25) is 19.3 Å². The zero-order valence-electron chi connectivity index (χ0n) is 17.2. The van der Waals surface area contributed by atoms with Gasteiger partial charge in [0.15, 0.2) is 0 Å². The van der Waals surface area contributed by atoms with E-state index in [-0.39, 0.29) is 30.2 Å². The summed E-state index contributed by atoms with van der Waals surface area (Å²) in [6, 6.07) is 0. The molecule has 156 valence electrons. The van der Waals surface area contributed by atoms with Crippen molar-refractivity contribution in [3.05, 3.63) is 17.1 Å². The number of anilines is 1. The summed E-state index contributed by atoms with van der Waals surface area (Å²) in [5.41, 5.74) is 2.03. The fourth-order valence-corrected chi connectivity index (χ4v) is 4.26. The third-order valence-corrected chi connectivity index (χ3v) is 6.12. The Morgan fingerprint density at radius 3 is 2.69 bits per heavy atom. The van der Waals surface area contributed by atoms with Crippen LogP contribution in [-0.4, -0.2) is 58.8 Å². The SMILES string of the molecule is CC(=O)NCC(=O)N1CCCC(c2nc(C)c3c(n2)N(CC2CC2)C(=O)CC3)C1. The standard InChI is InChI=1S/C21H29N5O3/c1-13-17-7-8-18(28)26(11-15-5-6-15)21(17)24-20(23-13)16-4-3-9-25(12-16)19(29)10-22-14(2)27/h15-16H,3-12H2,1-2H3,(H,22,27). The number of carbonyl (C=O) groups excluding carboxylic acids is 3. The smallest absolute Gasteiger partial charge is 0.241 e. The molecule has 4 rings (SSSR count). The van der Waals surface area contributed by atoms with Crippen LogP contribution < -0.4 is 10.2 Å². The van der Waals surface area contributed by atoms with Gasteiger partial charge in [-0.1, -0.05) is 0 Å². The van der Waals surface area contributed by atoms with Gasteiger partial charge < -0.3 is 10.2 Å². The minimum atomic E-state index is -0.207. The quantitative estimate of drug-likeness (QED) is 0.806. The summed E-state index contributed by atoms with van der Waals surface area (Å²) in [7, 11) is 0. The Hall–Kier alpha value is -2.51. The molecule has 0 radical (unpaired) electrons. The maximum atomic E-state index is 12.6. The van der Waals surface area contributed by atoms with E-state index in [4.69, 9.17) is 9.97 Å². The summed E-state index contributed by atoms with van der Waals surface area (Å²) in [6.07, 6.45) is 5.39. The number of piperidine rings is 1. The fraction of sp³-hybridized carbons (Fsp3) is 0.667. The molecule has 3 aliphatic rings. The molecule has 1 N–H and O–H groups in total. The maximum absolute atomic E-state index is 12.6. The van der Waals surface area contributed by atoms with Crippen LogP contribution in [0.15, 0.2) is 0 Å². The van der Waals surface area contributed by atoms with Gasteiger partial charge >= 0.3 is 0 Å². The van der Waals surface area contributed by atoms with Gasteiger partial charge in [-0.15, -0.1) is 0 Å². The first-order valence-electron chi connectivity index (χ1n) is 10.6. The molecule has 8 nitrogen and oxygen atoms in total. The monoisotopic (exact) mass is 399 g/mol. The number of nitrogens with zero attached hydrogens (tertiary/aromatic N) is 4. The number of nitrogens with one attached hydrogen (secondary N) is 1. The first kappa shape index (κ1) is 19.8. The molecule has 1 saturated carbocycles. The van der Waals surface area contributed by atoms with Crippen LogP contribution in [-0.2, 0) is 20.8 Å². The molecule has 1 aliphatic carbocycles. The molecule has 8 heteroatoms. The number of rotatable bonds is 5. The highest BCUT2D eigenvalue weighted by Gasteiger charge is 2.34. The summed E-state index contributed by atoms with van der Waals surface area (Å²) >= 11 is 0. The van der Waals surface area contributed by atoms with Crippen molar-refractivity contribution in [2.45, 2.75) is 58.3 Å². The van der Waals surface area contributed by atoms with Crippen molar-refractivity contribution in [1.82, 2.24) is 20.2 Å². The van der Waals surface area contributed by atoms with Crippen LogP contribution >= 0.6 is 0 Å². The van der Waals surface area contributed by atoms with Crippen molar-refractivity contribution in [1.29, 1.82) is 0 Å². The normalized spacial score (nSPS) is 21.7. The van der Waals surface area contributed by atoms with Crippen molar-refractivity contribution in [2.75, 3.05) is 31.1 Å². The van der Waals surface area contributed by atoms with Gasteiger partial charge in [0.05, 0.1) is 6.54 Å². The molecule has 1 atom stereocenters. The zero-order valence-corrected chi connectivity index (χ0v) is 17.2. The average molecular weight is 399 g/mol. The van der Waals surface area contributed by atoms with Crippen LogP contribution in [0.4, 0.5) is 5.82 Å². The summed E-state index contributed by atoms with van der Waals surface area (Å²) < 4.78 is 0. The van der Waals surface area contributed by atoms with E-state index in [0.717, 1.165) is 42.3 Å². The van der Waals surface area contributed by atoms with Crippen molar-refractivity contribution in [3.8, 4) is 0 Å². The van der Waals surface area contributed by atoms with E-state index in [2.05, 4.69) is 5.32 Å². The molecule has 1 saturated heterocycles. The van der Waals surface area contributed by atoms with Gasteiger partial charge in [0.2, 0.25) is 17.7 Å². The summed E-state index contributed by atoms with van der Waals surface area (Å²) in [4.78, 5) is 49.4. The van der Waals surface area contributed by atoms with Crippen LogP contribution in [0, 0.1) is 12.8 Å². The van der Waals surface area contributed by atoms with Crippen molar-refractivity contribution in [3.63, 3.8) is 0 Å². The molecule has 29 heavy (non-hydrogen) atoms. The highest BCUT2D eigenvalue weighted by atomic mass is 16.2. The van der Waals surface area contributed by atoms with Gasteiger partial charge in [0.1, 0.15) is 11.6 Å². The van der Waals surface area contributed by atoms with Crippen LogP contribution in [0.25, 0.3) is 0 Å². The third kappa shape index (κ3) is 4.41. The summed E-state index contributed by atoms with van der Waals surface area (Å²) in [5.74, 6) is 2.04. The van der Waals surface area contributed by atoms with E-state index in [0.29, 0.717) is 31.8 Å². The van der Waals surface area contributed by atoms with Crippen LogP contribution in [0.2, 0.25) is 0 Å². The highest BCUT2D eigenvalue weighted by molar-refractivity contribution is 5.95. The number of fused-ring (bicyclic) bond motifs is 1. The second-order valence-corrected chi connectivity index (χ2v) is 8.51. The molecule has 0 spiro atoms. The van der Waals surface area contributed by atoms with Crippen LogP contribution in [0.5, 0.6) is 0 Å². The number of hydrogen-bond acceptors (Lipinski definition) is 5. The molecule has 1 aromatic rings. The van der Waals surface area contributed by atoms with Crippen LogP contribution in [0.3, 0.4) is 0 Å². The van der Waals surface area contributed by atoms with Crippen LogP contribution in [0.1, 0.15) is 62.0 Å². The molecule has 2 fully saturated rings. The largest absolute Gasteiger partial charge is 0.347 e. The van der Waals surface area contributed by atoms with Gasteiger partial charge in [0, 0.05) is 50.2 Å². The topological polar surface area (TPSA) is 95.5 Å². The molecule has 1 unspecified atom stereocenters. The zero-order chi connectivity index (χ0) is 20.5. The highest BCUT2D eigenvalue weighted by Crippen LogP contribution is 2.36. The lowest BCUT2D eigenvalue weighted by molar-refractivity contribution is -0.133. The van der Waals surface area contributed by atoms with Gasteiger partial charge in [-0.25, -0.2) is 9.97 Å². The predicted molar refractivity (Wildman–Crippen MR) is 107 cm³/mol. The van der Waals surface area contributed by atoms with E-state index < -0.39 is 0 Å². The Morgan fingerprint density at radius 2 is 1.97 bits per heavy atom. The Morgan fingerprint density at radius 1 is 1.17 bits per heavy atom. The van der Waals surface area contributed by atoms with Gasteiger partial charge in [-0.05, 0) is 44.9 Å². The van der Waals surface area contributed by atoms with E-state index >= 15 is 0 Å². The average Bonchev–Trinajstić information content (AvgIpc) is 3.52. The lowest BCUT2D eigenvalue weighted by Gasteiger charge is -2.34. The van der Waals surface area contributed by atoms with E-state index in [1.807, 2.05) is 11.8 Å². The second-order valence-electron chi connectivity index (χ2n) is 8.51. The fourth-order valence-electron chi connectivity index (χ4n) is 4.26. The molecule has 3 amide bonds. The Bertz CT molecular complexity index is 836. The minimum absolute atomic E-state index is 0.0236. The number of aromatic nitrogens is 2. The predicted octanol–water partition coefficient (Wildman–Crippen LogP) is 1.32. The second kappa shape index (κ2) is 8.08. The first-order valence-corrected chi connectivity index (χ1v) is 10.6. The molecular formula is C21H29N5O3. The number of likely N-dealkylation sites (tertiary alicyclic amines) is 1. The molecule has 3 heterocycles. The number of aryl methyl sites for hydroxylation is 1.